The summed E-state index contributed by atoms with van der Waals surface area (Å²) in [7, 11) is -3.90. The van der Waals surface area contributed by atoms with E-state index in [0.717, 1.165) is 5.56 Å². The van der Waals surface area contributed by atoms with Gasteiger partial charge in [0.2, 0.25) is 15.9 Å². The predicted molar refractivity (Wildman–Crippen MR) is 71.4 cm³/mol. The molecule has 102 valence electrons. The molecule has 0 aliphatic heterocycles. The van der Waals surface area contributed by atoms with Gasteiger partial charge in [-0.2, -0.15) is 5.26 Å². The zero-order valence-corrected chi connectivity index (χ0v) is 11.2. The first-order valence-electron chi connectivity index (χ1n) is 5.62. The highest BCUT2D eigenvalue weighted by molar-refractivity contribution is 7.89. The quantitative estimate of drug-likeness (QED) is 0.919. The molecular weight excluding hydrogens is 278 g/mol. The van der Waals surface area contributed by atoms with Crippen molar-refractivity contribution < 1.29 is 13.2 Å². The molecule has 0 saturated carbocycles. The third-order valence-corrected chi connectivity index (χ3v) is 3.39. The molecule has 1 aromatic heterocycles. The van der Waals surface area contributed by atoms with E-state index in [1.54, 1.807) is 24.3 Å². The summed E-state index contributed by atoms with van der Waals surface area (Å²) in [6.07, 6.45) is 1.71. The number of primary sulfonamides is 1. The third-order valence-electron chi connectivity index (χ3n) is 2.46. The topological polar surface area (TPSA) is 106 Å². The summed E-state index contributed by atoms with van der Waals surface area (Å²) in [4.78, 5) is 3.69. The summed E-state index contributed by atoms with van der Waals surface area (Å²) in [6.45, 7) is 0. The van der Waals surface area contributed by atoms with Crippen LogP contribution in [0.1, 0.15) is 5.56 Å². The van der Waals surface area contributed by atoms with Crippen LogP contribution in [0.3, 0.4) is 0 Å². The normalized spacial score (nSPS) is 10.8. The molecule has 0 amide bonds. The highest BCUT2D eigenvalue weighted by Crippen LogP contribution is 2.25. The van der Waals surface area contributed by atoms with Gasteiger partial charge in [-0.15, -0.1) is 0 Å². The van der Waals surface area contributed by atoms with Crippen LogP contribution in [-0.2, 0) is 16.4 Å². The van der Waals surface area contributed by atoms with Gasteiger partial charge in [-0.1, -0.05) is 12.1 Å². The molecule has 0 radical (unpaired) electrons. The van der Waals surface area contributed by atoms with Gasteiger partial charge in [0.05, 0.1) is 12.5 Å². The van der Waals surface area contributed by atoms with Gasteiger partial charge < -0.3 is 4.74 Å². The number of rotatable bonds is 4. The Morgan fingerprint density at radius 2 is 1.95 bits per heavy atom. The summed E-state index contributed by atoms with van der Waals surface area (Å²) in [5, 5.41) is 13.7. The van der Waals surface area contributed by atoms with Gasteiger partial charge in [0, 0.05) is 6.20 Å². The van der Waals surface area contributed by atoms with Crippen LogP contribution in [0.5, 0.6) is 11.6 Å². The van der Waals surface area contributed by atoms with Crippen LogP contribution >= 0.6 is 0 Å². The van der Waals surface area contributed by atoms with Crippen molar-refractivity contribution in [3.8, 4) is 17.7 Å². The lowest BCUT2D eigenvalue weighted by Gasteiger charge is -2.08. The number of pyridine rings is 1. The molecule has 6 nitrogen and oxygen atoms in total. The fraction of sp³-hybridized carbons (Fsp3) is 0.0769. The highest BCUT2D eigenvalue weighted by atomic mass is 32.2. The number of hydrogen-bond donors (Lipinski definition) is 1. The first kappa shape index (κ1) is 14.0. The Hall–Kier alpha value is -2.43. The van der Waals surface area contributed by atoms with Crippen LogP contribution in [-0.4, -0.2) is 13.4 Å². The van der Waals surface area contributed by atoms with Gasteiger partial charge in [0.1, 0.15) is 10.6 Å². The minimum Gasteiger partial charge on any atom is -0.438 e. The van der Waals surface area contributed by atoms with Gasteiger partial charge in [0.15, 0.2) is 0 Å². The van der Waals surface area contributed by atoms with Crippen molar-refractivity contribution in [2.75, 3.05) is 0 Å². The summed E-state index contributed by atoms with van der Waals surface area (Å²) >= 11 is 0. The molecule has 2 aromatic rings. The molecule has 2 N–H and O–H groups in total. The van der Waals surface area contributed by atoms with E-state index in [2.05, 4.69) is 4.98 Å². The van der Waals surface area contributed by atoms with E-state index >= 15 is 0 Å². The monoisotopic (exact) mass is 289 g/mol. The summed E-state index contributed by atoms with van der Waals surface area (Å²) in [5.41, 5.74) is 0.840. The molecule has 0 fully saturated rings. The third kappa shape index (κ3) is 3.32. The maximum absolute atomic E-state index is 11.4. The van der Waals surface area contributed by atoms with Crippen molar-refractivity contribution >= 4 is 10.0 Å². The van der Waals surface area contributed by atoms with Crippen LogP contribution in [0.4, 0.5) is 0 Å². The second-order valence-electron chi connectivity index (χ2n) is 3.93. The Balaban J connectivity index is 2.29. The zero-order valence-electron chi connectivity index (χ0n) is 10.4. The smallest absolute Gasteiger partial charge is 0.243 e. The number of nitrogens with two attached hydrogens (primary N) is 1. The average molecular weight is 289 g/mol. The van der Waals surface area contributed by atoms with E-state index < -0.39 is 10.0 Å². The molecule has 0 atom stereocenters. The molecule has 0 bridgehead atoms. The van der Waals surface area contributed by atoms with Crippen molar-refractivity contribution in [3.63, 3.8) is 0 Å². The van der Waals surface area contributed by atoms with Crippen molar-refractivity contribution in [1.29, 1.82) is 5.26 Å². The number of nitrogens with zero attached hydrogens (tertiary/aromatic N) is 2. The second-order valence-corrected chi connectivity index (χ2v) is 5.46. The highest BCUT2D eigenvalue weighted by Gasteiger charge is 2.16. The van der Waals surface area contributed by atoms with Crippen LogP contribution in [0, 0.1) is 11.3 Å². The molecule has 20 heavy (non-hydrogen) atoms. The summed E-state index contributed by atoms with van der Waals surface area (Å²) in [5.74, 6) is 0.332. The number of benzene rings is 1. The Labute approximate surface area is 116 Å². The molecule has 0 aliphatic rings. The number of aromatic nitrogens is 1. The summed E-state index contributed by atoms with van der Waals surface area (Å²) in [6, 6.07) is 11.5. The van der Waals surface area contributed by atoms with E-state index in [1.165, 1.54) is 18.3 Å². The molecule has 2 rings (SSSR count). The van der Waals surface area contributed by atoms with Crippen molar-refractivity contribution in [1.82, 2.24) is 4.98 Å². The van der Waals surface area contributed by atoms with E-state index in [1.807, 2.05) is 6.07 Å². The van der Waals surface area contributed by atoms with Crippen LogP contribution < -0.4 is 9.88 Å². The standard InChI is InChI=1S/C13H11N3O3S/c14-8-7-10-3-5-11(6-4-10)19-13-12(20(15,17)18)2-1-9-16-13/h1-6,9H,7H2,(H2,15,17,18). The Morgan fingerprint density at radius 3 is 2.55 bits per heavy atom. The minimum absolute atomic E-state index is 0.0805. The van der Waals surface area contributed by atoms with Crippen LogP contribution in [0.2, 0.25) is 0 Å². The van der Waals surface area contributed by atoms with Gasteiger partial charge in [-0.3, -0.25) is 0 Å². The van der Waals surface area contributed by atoms with Gasteiger partial charge >= 0.3 is 0 Å². The molecule has 1 heterocycles. The first-order valence-corrected chi connectivity index (χ1v) is 7.17. The van der Waals surface area contributed by atoms with Gasteiger partial charge in [-0.05, 0) is 29.8 Å². The van der Waals surface area contributed by atoms with Crippen molar-refractivity contribution in [3.05, 3.63) is 48.2 Å². The molecule has 0 aliphatic carbocycles. The van der Waals surface area contributed by atoms with Crippen LogP contribution in [0.25, 0.3) is 0 Å². The van der Waals surface area contributed by atoms with E-state index in [-0.39, 0.29) is 10.8 Å². The molecular formula is C13H11N3O3S. The summed E-state index contributed by atoms with van der Waals surface area (Å²) < 4.78 is 28.2. The number of sulfonamides is 1. The zero-order chi connectivity index (χ0) is 14.6. The number of ether oxygens (including phenoxy) is 1. The van der Waals surface area contributed by atoms with Gasteiger partial charge in [-0.25, -0.2) is 18.5 Å². The Morgan fingerprint density at radius 1 is 1.25 bits per heavy atom. The molecule has 0 saturated heterocycles. The lowest BCUT2D eigenvalue weighted by molar-refractivity contribution is 0.447. The van der Waals surface area contributed by atoms with E-state index in [4.69, 9.17) is 15.1 Å². The molecule has 0 spiro atoms. The van der Waals surface area contributed by atoms with E-state index in [0.29, 0.717) is 12.2 Å². The van der Waals surface area contributed by atoms with Crippen molar-refractivity contribution in [2.24, 2.45) is 5.14 Å². The van der Waals surface area contributed by atoms with Crippen molar-refractivity contribution in [2.45, 2.75) is 11.3 Å². The first-order chi connectivity index (χ1) is 9.50. The fourth-order valence-electron chi connectivity index (χ4n) is 1.55. The molecule has 0 unspecified atom stereocenters. The maximum atomic E-state index is 11.4. The molecule has 7 heteroatoms. The van der Waals surface area contributed by atoms with E-state index in [9.17, 15) is 8.42 Å². The predicted octanol–water partition coefficient (Wildman–Crippen LogP) is 1.59. The van der Waals surface area contributed by atoms with Crippen LogP contribution in [0.15, 0.2) is 47.5 Å². The SMILES string of the molecule is N#CCc1ccc(Oc2ncccc2S(N)(=O)=O)cc1. The lowest BCUT2D eigenvalue weighted by Crippen LogP contribution is -2.13. The lowest BCUT2D eigenvalue weighted by atomic mass is 10.2. The van der Waals surface area contributed by atoms with Gasteiger partial charge in [0.25, 0.3) is 0 Å². The Bertz CT molecular complexity index is 749. The largest absolute Gasteiger partial charge is 0.438 e. The fourth-order valence-corrected chi connectivity index (χ4v) is 2.15. The minimum atomic E-state index is -3.90. The number of nitriles is 1. The Kier molecular flexibility index (Phi) is 3.98. The average Bonchev–Trinajstić information content (AvgIpc) is 2.41. The second kappa shape index (κ2) is 5.69. The number of hydrogen-bond acceptors (Lipinski definition) is 5. The maximum Gasteiger partial charge on any atom is 0.243 e. The molecule has 1 aromatic carbocycles.